The highest BCUT2D eigenvalue weighted by Crippen LogP contribution is 2.17. The van der Waals surface area contributed by atoms with E-state index in [0.717, 1.165) is 32.5 Å². The smallest absolute Gasteiger partial charge is 0.326 e. The first kappa shape index (κ1) is 19.4. The van der Waals surface area contributed by atoms with Crippen LogP contribution in [0.5, 0.6) is 0 Å². The predicted molar refractivity (Wildman–Crippen MR) is 82.8 cm³/mol. The Morgan fingerprint density at radius 3 is 2.35 bits per heavy atom. The van der Waals surface area contributed by atoms with E-state index in [-0.39, 0.29) is 12.0 Å². The fraction of sp³-hybridized carbons (Fsp3) is 0.938. The molecule has 4 nitrogen and oxygen atoms in total. The van der Waals surface area contributed by atoms with Crippen molar-refractivity contribution in [2.75, 3.05) is 19.8 Å². The molecule has 1 N–H and O–H groups in total. The highest BCUT2D eigenvalue weighted by atomic mass is 16.5. The van der Waals surface area contributed by atoms with Crippen molar-refractivity contribution in [1.29, 1.82) is 0 Å². The molecule has 0 heterocycles. The molecule has 0 bridgehead atoms. The maximum Gasteiger partial charge on any atom is 0.326 e. The Kier molecular flexibility index (Phi) is 9.86. The van der Waals surface area contributed by atoms with Gasteiger partial charge < -0.3 is 9.47 Å². The van der Waals surface area contributed by atoms with Gasteiger partial charge in [-0.1, -0.05) is 13.8 Å². The van der Waals surface area contributed by atoms with Crippen LogP contribution in [-0.2, 0) is 14.3 Å². The summed E-state index contributed by atoms with van der Waals surface area (Å²) in [5.74, 6) is 0.416. The van der Waals surface area contributed by atoms with E-state index < -0.39 is 5.54 Å². The van der Waals surface area contributed by atoms with Gasteiger partial charge in [-0.2, -0.15) is 0 Å². The van der Waals surface area contributed by atoms with Gasteiger partial charge in [0.05, 0.1) is 6.61 Å². The average Bonchev–Trinajstić information content (AvgIpc) is 2.32. The predicted octanol–water partition coefficient (Wildman–Crippen LogP) is 3.15. The standard InChI is InChI=1S/C16H33NO3/c1-7-20-15(18)16(6,17-14(4)5)10-8-9-11-19-12-13(2)3/h13-14,17H,7-12H2,1-6H3. The first-order valence-electron chi connectivity index (χ1n) is 7.84. The van der Waals surface area contributed by atoms with Gasteiger partial charge in [-0.05, 0) is 52.9 Å². The fourth-order valence-corrected chi connectivity index (χ4v) is 2.16. The van der Waals surface area contributed by atoms with Gasteiger partial charge in [0.1, 0.15) is 5.54 Å². The highest BCUT2D eigenvalue weighted by molar-refractivity contribution is 5.80. The summed E-state index contributed by atoms with van der Waals surface area (Å²) in [6, 6.07) is 0.251. The molecule has 20 heavy (non-hydrogen) atoms. The van der Waals surface area contributed by atoms with Crippen molar-refractivity contribution in [2.24, 2.45) is 5.92 Å². The van der Waals surface area contributed by atoms with Crippen LogP contribution in [0.4, 0.5) is 0 Å². The molecule has 0 aliphatic rings. The van der Waals surface area contributed by atoms with E-state index in [2.05, 4.69) is 19.2 Å². The van der Waals surface area contributed by atoms with Crippen molar-refractivity contribution in [3.8, 4) is 0 Å². The van der Waals surface area contributed by atoms with Crippen molar-refractivity contribution in [1.82, 2.24) is 5.32 Å². The molecule has 0 saturated carbocycles. The number of hydrogen-bond acceptors (Lipinski definition) is 4. The molecule has 0 aliphatic heterocycles. The van der Waals surface area contributed by atoms with Gasteiger partial charge in [0.25, 0.3) is 0 Å². The molecule has 0 amide bonds. The van der Waals surface area contributed by atoms with Crippen molar-refractivity contribution >= 4 is 5.97 Å². The van der Waals surface area contributed by atoms with Gasteiger partial charge in [0.2, 0.25) is 0 Å². The molecule has 1 atom stereocenters. The summed E-state index contributed by atoms with van der Waals surface area (Å²) in [7, 11) is 0. The molecule has 0 radical (unpaired) electrons. The highest BCUT2D eigenvalue weighted by Gasteiger charge is 2.34. The Morgan fingerprint density at radius 2 is 1.85 bits per heavy atom. The minimum atomic E-state index is -0.595. The summed E-state index contributed by atoms with van der Waals surface area (Å²) in [5.41, 5.74) is -0.595. The maximum absolute atomic E-state index is 12.1. The van der Waals surface area contributed by atoms with Crippen LogP contribution >= 0.6 is 0 Å². The summed E-state index contributed by atoms with van der Waals surface area (Å²) in [5, 5.41) is 3.33. The lowest BCUT2D eigenvalue weighted by atomic mass is 9.94. The van der Waals surface area contributed by atoms with Crippen molar-refractivity contribution < 1.29 is 14.3 Å². The SMILES string of the molecule is CCOC(=O)C(C)(CCCCOCC(C)C)NC(C)C. The third-order valence-electron chi connectivity index (χ3n) is 3.00. The van der Waals surface area contributed by atoms with Crippen molar-refractivity contribution in [3.05, 3.63) is 0 Å². The zero-order valence-corrected chi connectivity index (χ0v) is 14.1. The molecular weight excluding hydrogens is 254 g/mol. The average molecular weight is 287 g/mol. The third-order valence-corrected chi connectivity index (χ3v) is 3.00. The number of rotatable bonds is 11. The van der Waals surface area contributed by atoms with Gasteiger partial charge >= 0.3 is 5.97 Å². The fourth-order valence-electron chi connectivity index (χ4n) is 2.16. The van der Waals surface area contributed by atoms with E-state index in [1.54, 1.807) is 0 Å². The van der Waals surface area contributed by atoms with Crippen LogP contribution in [0.25, 0.3) is 0 Å². The lowest BCUT2D eigenvalue weighted by Crippen LogP contribution is -2.53. The van der Waals surface area contributed by atoms with Crippen molar-refractivity contribution in [3.63, 3.8) is 0 Å². The summed E-state index contributed by atoms with van der Waals surface area (Å²) < 4.78 is 10.7. The normalized spacial score (nSPS) is 14.6. The molecule has 0 aromatic heterocycles. The molecule has 0 aromatic carbocycles. The second-order valence-electron chi connectivity index (χ2n) is 6.28. The van der Waals surface area contributed by atoms with E-state index in [9.17, 15) is 4.79 Å². The minimum Gasteiger partial charge on any atom is -0.465 e. The van der Waals surface area contributed by atoms with Gasteiger partial charge in [0, 0.05) is 19.3 Å². The zero-order valence-electron chi connectivity index (χ0n) is 14.1. The number of unbranched alkanes of at least 4 members (excludes halogenated alkanes) is 1. The molecule has 0 aromatic rings. The molecule has 1 unspecified atom stereocenters. The van der Waals surface area contributed by atoms with E-state index in [4.69, 9.17) is 9.47 Å². The Hall–Kier alpha value is -0.610. The van der Waals surface area contributed by atoms with Crippen LogP contribution in [0.3, 0.4) is 0 Å². The van der Waals surface area contributed by atoms with Gasteiger partial charge in [-0.15, -0.1) is 0 Å². The number of carbonyl (C=O) groups is 1. The van der Waals surface area contributed by atoms with Gasteiger partial charge in [-0.25, -0.2) is 0 Å². The Bertz CT molecular complexity index is 266. The lowest BCUT2D eigenvalue weighted by Gasteiger charge is -2.30. The van der Waals surface area contributed by atoms with E-state index in [1.165, 1.54) is 0 Å². The maximum atomic E-state index is 12.1. The van der Waals surface area contributed by atoms with Crippen LogP contribution in [0.1, 0.15) is 60.8 Å². The Balaban J connectivity index is 4.13. The molecular formula is C16H33NO3. The Labute approximate surface area is 124 Å². The van der Waals surface area contributed by atoms with Gasteiger partial charge in [-0.3, -0.25) is 10.1 Å². The van der Waals surface area contributed by atoms with E-state index in [1.807, 2.05) is 27.7 Å². The molecule has 0 saturated heterocycles. The number of nitrogens with one attached hydrogen (secondary N) is 1. The van der Waals surface area contributed by atoms with Crippen LogP contribution in [0, 0.1) is 5.92 Å². The third kappa shape index (κ3) is 8.54. The van der Waals surface area contributed by atoms with Crippen LogP contribution < -0.4 is 5.32 Å². The Morgan fingerprint density at radius 1 is 1.20 bits per heavy atom. The van der Waals surface area contributed by atoms with Gasteiger partial charge in [0.15, 0.2) is 0 Å². The second kappa shape index (κ2) is 10.2. The minimum absolute atomic E-state index is 0.156. The molecule has 120 valence electrons. The number of hydrogen-bond donors (Lipinski definition) is 1. The second-order valence-corrected chi connectivity index (χ2v) is 6.28. The zero-order chi connectivity index (χ0) is 15.6. The largest absolute Gasteiger partial charge is 0.465 e. The van der Waals surface area contributed by atoms with Crippen LogP contribution in [0.15, 0.2) is 0 Å². The number of esters is 1. The molecule has 0 aliphatic carbocycles. The topological polar surface area (TPSA) is 47.6 Å². The lowest BCUT2D eigenvalue weighted by molar-refractivity contribution is -0.151. The quantitative estimate of drug-likeness (QED) is 0.468. The molecule has 0 rings (SSSR count). The number of carbonyl (C=O) groups excluding carboxylic acids is 1. The van der Waals surface area contributed by atoms with Crippen molar-refractivity contribution in [2.45, 2.75) is 72.4 Å². The van der Waals surface area contributed by atoms with Crippen LogP contribution in [-0.4, -0.2) is 37.4 Å². The van der Waals surface area contributed by atoms with Crippen LogP contribution in [0.2, 0.25) is 0 Å². The molecule has 4 heteroatoms. The van der Waals surface area contributed by atoms with E-state index in [0.29, 0.717) is 12.5 Å². The summed E-state index contributed by atoms with van der Waals surface area (Å²) in [6.07, 6.45) is 2.70. The first-order valence-corrected chi connectivity index (χ1v) is 7.84. The first-order chi connectivity index (χ1) is 9.31. The summed E-state index contributed by atoms with van der Waals surface area (Å²) in [6.45, 7) is 14.1. The monoisotopic (exact) mass is 287 g/mol. The molecule has 0 fully saturated rings. The van der Waals surface area contributed by atoms with E-state index >= 15 is 0 Å². The summed E-state index contributed by atoms with van der Waals surface area (Å²) in [4.78, 5) is 12.1. The summed E-state index contributed by atoms with van der Waals surface area (Å²) >= 11 is 0. The molecule has 0 spiro atoms. The number of ether oxygens (including phenoxy) is 2.